The molecule has 0 heterocycles. The van der Waals surface area contributed by atoms with Gasteiger partial charge in [-0.1, -0.05) is 17.7 Å². The zero-order valence-electron chi connectivity index (χ0n) is 7.07. The quantitative estimate of drug-likeness (QED) is 0.719. The minimum absolute atomic E-state index is 0.333. The molecular weight excluding hydrogens is 177 g/mol. The molecule has 1 nitrogen and oxygen atoms in total. The van der Waals surface area contributed by atoms with Crippen molar-refractivity contribution in [3.05, 3.63) is 34.1 Å². The van der Waals surface area contributed by atoms with Crippen LogP contribution in [-0.4, -0.2) is 0 Å². The van der Waals surface area contributed by atoms with Crippen LogP contribution in [0.4, 0.5) is 4.39 Å². The molecule has 0 saturated carbocycles. The van der Waals surface area contributed by atoms with Gasteiger partial charge in [0.15, 0.2) is 0 Å². The lowest BCUT2D eigenvalue weighted by Gasteiger charge is -2.10. The third-order valence-corrected chi connectivity index (χ3v) is 2.28. The molecule has 12 heavy (non-hydrogen) atoms. The Morgan fingerprint density at radius 3 is 2.50 bits per heavy atom. The highest BCUT2D eigenvalue weighted by molar-refractivity contribution is 6.32. The molecule has 1 unspecified atom stereocenters. The number of benzene rings is 1. The van der Waals surface area contributed by atoms with Crippen molar-refractivity contribution in [1.29, 1.82) is 0 Å². The Hall–Kier alpha value is -0.600. The summed E-state index contributed by atoms with van der Waals surface area (Å²) in [5.41, 5.74) is 6.81. The minimum atomic E-state index is -0.364. The number of aryl methyl sites for hydroxylation is 1. The lowest BCUT2D eigenvalue weighted by atomic mass is 10.1. The van der Waals surface area contributed by atoms with Crippen molar-refractivity contribution in [1.82, 2.24) is 0 Å². The monoisotopic (exact) mass is 187 g/mol. The Bertz CT molecular complexity index is 297. The molecule has 1 atom stereocenters. The molecule has 0 aliphatic carbocycles. The highest BCUT2D eigenvalue weighted by Crippen LogP contribution is 2.27. The number of hydrogen-bond acceptors (Lipinski definition) is 1. The van der Waals surface area contributed by atoms with Crippen molar-refractivity contribution >= 4 is 11.6 Å². The molecule has 66 valence electrons. The van der Waals surface area contributed by atoms with E-state index in [1.165, 1.54) is 6.07 Å². The van der Waals surface area contributed by atoms with Crippen molar-refractivity contribution in [3.8, 4) is 0 Å². The summed E-state index contributed by atoms with van der Waals surface area (Å²) in [5, 5.41) is 0.435. The Balaban J connectivity index is 3.33. The Morgan fingerprint density at radius 1 is 1.50 bits per heavy atom. The molecule has 1 rings (SSSR count). The highest BCUT2D eigenvalue weighted by Gasteiger charge is 2.12. The van der Waals surface area contributed by atoms with Crippen LogP contribution >= 0.6 is 11.6 Å². The van der Waals surface area contributed by atoms with E-state index in [2.05, 4.69) is 0 Å². The zero-order chi connectivity index (χ0) is 9.30. The van der Waals surface area contributed by atoms with Crippen molar-refractivity contribution in [2.45, 2.75) is 19.9 Å². The second-order valence-electron chi connectivity index (χ2n) is 2.88. The van der Waals surface area contributed by atoms with E-state index in [4.69, 9.17) is 17.3 Å². The van der Waals surface area contributed by atoms with Gasteiger partial charge in [-0.3, -0.25) is 0 Å². The maximum absolute atomic E-state index is 13.1. The summed E-state index contributed by atoms with van der Waals surface area (Å²) in [5.74, 6) is -0.333. The van der Waals surface area contributed by atoms with Crippen molar-refractivity contribution in [2.75, 3.05) is 0 Å². The topological polar surface area (TPSA) is 26.0 Å². The van der Waals surface area contributed by atoms with Gasteiger partial charge >= 0.3 is 0 Å². The predicted octanol–water partition coefficient (Wildman–Crippen LogP) is 2.81. The molecule has 0 aliphatic heterocycles. The fraction of sp³-hybridized carbons (Fsp3) is 0.333. The van der Waals surface area contributed by atoms with Crippen LogP contribution in [0.1, 0.15) is 24.1 Å². The summed E-state index contributed by atoms with van der Waals surface area (Å²) in [6, 6.07) is 2.67. The summed E-state index contributed by atoms with van der Waals surface area (Å²) in [7, 11) is 0. The van der Waals surface area contributed by atoms with Gasteiger partial charge in [0.2, 0.25) is 0 Å². The van der Waals surface area contributed by atoms with Crippen LogP contribution in [0.25, 0.3) is 0 Å². The van der Waals surface area contributed by atoms with Crippen LogP contribution in [0.2, 0.25) is 5.02 Å². The van der Waals surface area contributed by atoms with Crippen LogP contribution in [-0.2, 0) is 0 Å². The molecule has 0 aliphatic rings. The molecule has 2 N–H and O–H groups in total. The average Bonchev–Trinajstić information content (AvgIpc) is 1.97. The van der Waals surface area contributed by atoms with Crippen LogP contribution in [0.15, 0.2) is 12.1 Å². The maximum Gasteiger partial charge on any atom is 0.129 e. The fourth-order valence-electron chi connectivity index (χ4n) is 1.10. The summed E-state index contributed by atoms with van der Waals surface area (Å²) in [6.45, 7) is 3.54. The largest absolute Gasteiger partial charge is 0.324 e. The smallest absolute Gasteiger partial charge is 0.129 e. The fourth-order valence-corrected chi connectivity index (χ4v) is 1.42. The molecule has 1 aromatic rings. The first-order valence-electron chi connectivity index (χ1n) is 3.74. The Kier molecular flexibility index (Phi) is 2.70. The average molecular weight is 188 g/mol. The molecule has 0 radical (unpaired) electrons. The van der Waals surface area contributed by atoms with Crippen LogP contribution < -0.4 is 5.73 Å². The third-order valence-electron chi connectivity index (χ3n) is 1.77. The van der Waals surface area contributed by atoms with Crippen LogP contribution in [0.3, 0.4) is 0 Å². The molecule has 0 spiro atoms. The molecule has 3 heteroatoms. The molecule has 0 fully saturated rings. The normalized spacial score (nSPS) is 13.1. The highest BCUT2D eigenvalue weighted by atomic mass is 35.5. The van der Waals surface area contributed by atoms with E-state index in [9.17, 15) is 4.39 Å². The number of rotatable bonds is 1. The number of hydrogen-bond donors (Lipinski definition) is 1. The SMILES string of the molecule is Cc1ccc(F)c(C(C)N)c1Cl. The predicted molar refractivity (Wildman–Crippen MR) is 48.7 cm³/mol. The van der Waals surface area contributed by atoms with Gasteiger partial charge < -0.3 is 5.73 Å². The van der Waals surface area contributed by atoms with Gasteiger partial charge in [-0.2, -0.15) is 0 Å². The van der Waals surface area contributed by atoms with Gasteiger partial charge in [-0.05, 0) is 25.5 Å². The summed E-state index contributed by atoms with van der Waals surface area (Å²) in [4.78, 5) is 0. The van der Waals surface area contributed by atoms with E-state index in [1.54, 1.807) is 13.0 Å². The minimum Gasteiger partial charge on any atom is -0.324 e. The Labute approximate surface area is 76.3 Å². The maximum atomic E-state index is 13.1. The standard InChI is InChI=1S/C9H11ClFN/c1-5-3-4-7(11)8(6(2)12)9(5)10/h3-4,6H,12H2,1-2H3. The number of nitrogens with two attached hydrogens (primary N) is 1. The summed E-state index contributed by atoms with van der Waals surface area (Å²) < 4.78 is 13.1. The van der Waals surface area contributed by atoms with Crippen molar-refractivity contribution in [2.24, 2.45) is 5.73 Å². The molecule has 1 aromatic carbocycles. The van der Waals surface area contributed by atoms with Crippen LogP contribution in [0.5, 0.6) is 0 Å². The first-order valence-corrected chi connectivity index (χ1v) is 4.12. The first-order chi connectivity index (χ1) is 5.54. The second-order valence-corrected chi connectivity index (χ2v) is 3.26. The lowest BCUT2D eigenvalue weighted by Crippen LogP contribution is -2.08. The van der Waals surface area contributed by atoms with Gasteiger partial charge in [0, 0.05) is 11.6 Å². The van der Waals surface area contributed by atoms with Gasteiger partial charge in [0.05, 0.1) is 5.02 Å². The summed E-state index contributed by atoms with van der Waals surface area (Å²) in [6.07, 6.45) is 0. The van der Waals surface area contributed by atoms with Crippen molar-refractivity contribution < 1.29 is 4.39 Å². The Morgan fingerprint density at radius 2 is 2.08 bits per heavy atom. The second kappa shape index (κ2) is 3.42. The van der Waals surface area contributed by atoms with E-state index < -0.39 is 0 Å². The van der Waals surface area contributed by atoms with E-state index in [0.717, 1.165) is 5.56 Å². The molecule has 0 aromatic heterocycles. The summed E-state index contributed by atoms with van der Waals surface area (Å²) >= 11 is 5.87. The molecular formula is C9H11ClFN. The molecule has 0 saturated heterocycles. The zero-order valence-corrected chi connectivity index (χ0v) is 7.82. The van der Waals surface area contributed by atoms with E-state index >= 15 is 0 Å². The van der Waals surface area contributed by atoms with Crippen LogP contribution in [0, 0.1) is 12.7 Å². The number of halogens is 2. The lowest BCUT2D eigenvalue weighted by molar-refractivity contribution is 0.593. The van der Waals surface area contributed by atoms with Crippen molar-refractivity contribution in [3.63, 3.8) is 0 Å². The van der Waals surface area contributed by atoms with Gasteiger partial charge in [0.25, 0.3) is 0 Å². The van der Waals surface area contributed by atoms with E-state index in [-0.39, 0.29) is 11.9 Å². The van der Waals surface area contributed by atoms with Gasteiger partial charge in [0.1, 0.15) is 5.82 Å². The first kappa shape index (κ1) is 9.49. The van der Waals surface area contributed by atoms with Gasteiger partial charge in [-0.15, -0.1) is 0 Å². The molecule has 0 bridgehead atoms. The molecule has 0 amide bonds. The van der Waals surface area contributed by atoms with E-state index in [1.807, 2.05) is 6.92 Å². The third kappa shape index (κ3) is 1.59. The van der Waals surface area contributed by atoms with Gasteiger partial charge in [-0.25, -0.2) is 4.39 Å². The van der Waals surface area contributed by atoms with E-state index in [0.29, 0.717) is 10.6 Å².